The van der Waals surface area contributed by atoms with E-state index in [-0.39, 0.29) is 10.8 Å². The summed E-state index contributed by atoms with van der Waals surface area (Å²) in [6, 6.07) is 67.1. The van der Waals surface area contributed by atoms with Crippen molar-refractivity contribution in [1.29, 1.82) is 0 Å². The Morgan fingerprint density at radius 1 is 0.400 bits per heavy atom. The molecule has 0 aromatic heterocycles. The number of anilines is 3. The molecule has 8 aromatic rings. The Morgan fingerprint density at radius 2 is 0.817 bits per heavy atom. The molecule has 0 fully saturated rings. The summed E-state index contributed by atoms with van der Waals surface area (Å²) in [5.41, 5.74) is 16.2. The number of ether oxygens (including phenoxy) is 1. The third-order valence-corrected chi connectivity index (χ3v) is 19.0. The lowest BCUT2D eigenvalue weighted by Crippen LogP contribution is -2.71. The summed E-state index contributed by atoms with van der Waals surface area (Å²) in [7, 11) is -2.83. The maximum absolute atomic E-state index is 6.69. The van der Waals surface area contributed by atoms with E-state index >= 15 is 0 Å². The van der Waals surface area contributed by atoms with Gasteiger partial charge in [0.1, 0.15) is 11.5 Å². The molecular formula is C57H47NOSi. The average Bonchev–Trinajstić information content (AvgIpc) is 3.72. The fourth-order valence-electron chi connectivity index (χ4n) is 11.3. The van der Waals surface area contributed by atoms with Gasteiger partial charge in [0.2, 0.25) is 0 Å². The molecule has 0 saturated carbocycles. The van der Waals surface area contributed by atoms with Gasteiger partial charge in [-0.15, -0.1) is 0 Å². The molecule has 2 spiro atoms. The van der Waals surface area contributed by atoms with E-state index in [1.54, 1.807) is 0 Å². The Bertz CT molecular complexity index is 2960. The summed E-state index contributed by atoms with van der Waals surface area (Å²) < 4.78 is 6.69. The van der Waals surface area contributed by atoms with E-state index in [1.165, 1.54) is 93.4 Å². The zero-order chi connectivity index (χ0) is 40.8. The molecule has 0 unspecified atom stereocenters. The third-order valence-electron chi connectivity index (χ3n) is 14.1. The molecule has 4 heterocycles. The number of benzene rings is 8. The van der Waals surface area contributed by atoms with Gasteiger partial charge < -0.3 is 9.64 Å². The van der Waals surface area contributed by atoms with E-state index in [4.69, 9.17) is 4.74 Å². The maximum Gasteiger partial charge on any atom is 0.182 e. The molecule has 290 valence electrons. The highest BCUT2D eigenvalue weighted by molar-refractivity contribution is 7.24. The van der Waals surface area contributed by atoms with Gasteiger partial charge in [0.25, 0.3) is 0 Å². The predicted octanol–water partition coefficient (Wildman–Crippen LogP) is 11.9. The number of hydrogen-bond donors (Lipinski definition) is 0. The van der Waals surface area contributed by atoms with Crippen molar-refractivity contribution in [3.63, 3.8) is 0 Å². The standard InChI is InChI=1S/C57H47NOSi/c1-55(2,3)36-27-30-40-41-31-28-37(56(4,5)6)34-53(41)60(52(40)33-36)51-26-16-7-17-39(51)42-32-29-38(35-54(42)60)58-47-22-12-8-18-43(47)57(44-19-9-13-23-48(44)58)45-20-10-14-24-49(45)59-50-25-15-11-21-46(50)57/h7-35H,1-6H3. The topological polar surface area (TPSA) is 12.5 Å². The molecule has 4 aliphatic heterocycles. The Hall–Kier alpha value is -6.42. The highest BCUT2D eigenvalue weighted by Gasteiger charge is 2.56. The average molecular weight is 790 g/mol. The van der Waals surface area contributed by atoms with E-state index in [9.17, 15) is 0 Å². The number of fused-ring (bicyclic) bond motifs is 18. The van der Waals surface area contributed by atoms with E-state index < -0.39 is 13.5 Å². The van der Waals surface area contributed by atoms with Crippen LogP contribution in [0.2, 0.25) is 0 Å². The minimum Gasteiger partial charge on any atom is -0.457 e. The van der Waals surface area contributed by atoms with Crippen LogP contribution in [0.25, 0.3) is 22.3 Å². The second-order valence-electron chi connectivity index (χ2n) is 19.3. The molecule has 8 aromatic carbocycles. The Morgan fingerprint density at radius 3 is 1.35 bits per heavy atom. The number of para-hydroxylation sites is 4. The molecule has 0 atom stereocenters. The monoisotopic (exact) mass is 789 g/mol. The van der Waals surface area contributed by atoms with Crippen LogP contribution < -0.4 is 30.4 Å². The van der Waals surface area contributed by atoms with Gasteiger partial charge in [0.05, 0.1) is 16.8 Å². The number of nitrogens with zero attached hydrogens (tertiary/aromatic N) is 1. The zero-order valence-electron chi connectivity index (χ0n) is 35.1. The third kappa shape index (κ3) is 4.48. The second-order valence-corrected chi connectivity index (χ2v) is 22.9. The van der Waals surface area contributed by atoms with E-state index in [0.29, 0.717) is 0 Å². The zero-order valence-corrected chi connectivity index (χ0v) is 36.1. The molecule has 12 rings (SSSR count). The van der Waals surface area contributed by atoms with Crippen LogP contribution in [0.1, 0.15) is 74.9 Å². The van der Waals surface area contributed by atoms with E-state index in [2.05, 4.69) is 222 Å². The van der Waals surface area contributed by atoms with Gasteiger partial charge in [-0.2, -0.15) is 0 Å². The minimum atomic E-state index is -2.83. The van der Waals surface area contributed by atoms with Crippen LogP contribution in [-0.2, 0) is 16.2 Å². The lowest BCUT2D eigenvalue weighted by atomic mass is 9.61. The van der Waals surface area contributed by atoms with Gasteiger partial charge in [-0.05, 0) is 112 Å². The second kappa shape index (κ2) is 12.1. The molecule has 0 N–H and O–H groups in total. The van der Waals surface area contributed by atoms with Gasteiger partial charge in [-0.3, -0.25) is 0 Å². The fraction of sp³-hybridized carbons (Fsp3) is 0.158. The number of rotatable bonds is 1. The van der Waals surface area contributed by atoms with Crippen molar-refractivity contribution in [3.8, 4) is 33.8 Å². The minimum absolute atomic E-state index is 0.0112. The molecule has 0 saturated heterocycles. The Kier molecular flexibility index (Phi) is 7.15. The van der Waals surface area contributed by atoms with Crippen molar-refractivity contribution in [2.24, 2.45) is 0 Å². The van der Waals surface area contributed by atoms with Gasteiger partial charge in [0.15, 0.2) is 8.07 Å². The first kappa shape index (κ1) is 35.5. The molecule has 2 nitrogen and oxygen atoms in total. The van der Waals surface area contributed by atoms with Crippen LogP contribution in [0.3, 0.4) is 0 Å². The first-order valence-corrected chi connectivity index (χ1v) is 23.4. The molecule has 0 bridgehead atoms. The molecular weight excluding hydrogens is 743 g/mol. The molecule has 0 amide bonds. The molecule has 4 aliphatic rings. The molecule has 3 heteroatoms. The quantitative estimate of drug-likeness (QED) is 0.154. The Labute approximate surface area is 354 Å². The first-order valence-electron chi connectivity index (χ1n) is 21.4. The van der Waals surface area contributed by atoms with Crippen molar-refractivity contribution in [3.05, 3.63) is 209 Å². The van der Waals surface area contributed by atoms with Crippen molar-refractivity contribution in [2.45, 2.75) is 57.8 Å². The van der Waals surface area contributed by atoms with Crippen LogP contribution in [0.4, 0.5) is 17.1 Å². The first-order chi connectivity index (χ1) is 29.0. The fourth-order valence-corrected chi connectivity index (χ4v) is 17.0. The lowest BCUT2D eigenvalue weighted by Gasteiger charge is -2.48. The van der Waals surface area contributed by atoms with Gasteiger partial charge in [0, 0.05) is 16.8 Å². The molecule has 60 heavy (non-hydrogen) atoms. The van der Waals surface area contributed by atoms with Gasteiger partial charge >= 0.3 is 0 Å². The van der Waals surface area contributed by atoms with Crippen LogP contribution in [0.5, 0.6) is 11.5 Å². The maximum atomic E-state index is 6.69. The molecule has 0 radical (unpaired) electrons. The summed E-state index contributed by atoms with van der Waals surface area (Å²) in [5, 5.41) is 6.03. The highest BCUT2D eigenvalue weighted by atomic mass is 28.3. The molecule has 0 aliphatic carbocycles. The smallest absolute Gasteiger partial charge is 0.182 e. The van der Waals surface area contributed by atoms with Crippen LogP contribution in [-0.4, -0.2) is 8.07 Å². The van der Waals surface area contributed by atoms with Crippen LogP contribution >= 0.6 is 0 Å². The summed E-state index contributed by atoms with van der Waals surface area (Å²) in [4.78, 5) is 2.55. The number of hydrogen-bond acceptors (Lipinski definition) is 2. The van der Waals surface area contributed by atoms with Gasteiger partial charge in [-0.1, -0.05) is 181 Å². The van der Waals surface area contributed by atoms with Crippen LogP contribution in [0.15, 0.2) is 176 Å². The summed E-state index contributed by atoms with van der Waals surface area (Å²) in [6.07, 6.45) is 0. The SMILES string of the molecule is CC(C)(C)c1ccc2c(c1)[Si]1(c3ccccc3-c3ccc(N4c5ccccc5C5(c6ccccc6Oc6ccccc65)c5ccccc54)cc31)c1cc(C(C)(C)C)ccc1-2. The van der Waals surface area contributed by atoms with Crippen molar-refractivity contribution < 1.29 is 4.74 Å². The largest absolute Gasteiger partial charge is 0.457 e. The van der Waals surface area contributed by atoms with Crippen molar-refractivity contribution in [2.75, 3.05) is 4.90 Å². The van der Waals surface area contributed by atoms with Crippen molar-refractivity contribution in [1.82, 2.24) is 0 Å². The summed E-state index contributed by atoms with van der Waals surface area (Å²) >= 11 is 0. The van der Waals surface area contributed by atoms with Crippen molar-refractivity contribution >= 4 is 45.9 Å². The lowest BCUT2D eigenvalue weighted by molar-refractivity contribution is 0.434. The van der Waals surface area contributed by atoms with E-state index in [0.717, 1.165) is 11.5 Å². The summed E-state index contributed by atoms with van der Waals surface area (Å²) in [5.74, 6) is 1.81. The predicted molar refractivity (Wildman–Crippen MR) is 252 cm³/mol. The Balaban J connectivity index is 1.16. The van der Waals surface area contributed by atoms with Gasteiger partial charge in [-0.25, -0.2) is 0 Å². The van der Waals surface area contributed by atoms with Crippen LogP contribution in [0, 0.1) is 0 Å². The highest BCUT2D eigenvalue weighted by Crippen LogP contribution is 2.62. The normalized spacial score (nSPS) is 15.5. The van der Waals surface area contributed by atoms with E-state index in [1.807, 2.05) is 0 Å². The summed E-state index contributed by atoms with van der Waals surface area (Å²) in [6.45, 7) is 14.1.